The maximum atomic E-state index is 6.10. The van der Waals surface area contributed by atoms with Gasteiger partial charge in [-0.1, -0.05) is 12.1 Å². The van der Waals surface area contributed by atoms with Crippen LogP contribution in [0.25, 0.3) is 10.9 Å². The van der Waals surface area contributed by atoms with Crippen molar-refractivity contribution in [3.05, 3.63) is 33.4 Å². The third-order valence-electron chi connectivity index (χ3n) is 2.69. The van der Waals surface area contributed by atoms with Gasteiger partial charge >= 0.3 is 0 Å². The Balaban J connectivity index is 3.04. The van der Waals surface area contributed by atoms with Crippen molar-refractivity contribution in [3.8, 4) is 0 Å². The summed E-state index contributed by atoms with van der Waals surface area (Å²) < 4.78 is 0.906. The number of aryl methyl sites for hydroxylation is 3. The molecule has 0 spiro atoms. The van der Waals surface area contributed by atoms with E-state index in [1.807, 2.05) is 6.92 Å². The van der Waals surface area contributed by atoms with Crippen molar-refractivity contribution in [2.45, 2.75) is 20.8 Å². The van der Waals surface area contributed by atoms with Gasteiger partial charge in [-0.25, -0.2) is 0 Å². The van der Waals surface area contributed by atoms with E-state index in [0.29, 0.717) is 0 Å². The summed E-state index contributed by atoms with van der Waals surface area (Å²) in [6, 6.07) is 4.16. The zero-order valence-electron chi connectivity index (χ0n) is 9.06. The summed E-state index contributed by atoms with van der Waals surface area (Å²) in [7, 11) is 0. The molecule has 2 N–H and O–H groups in total. The van der Waals surface area contributed by atoms with Crippen LogP contribution in [0.15, 0.2) is 16.6 Å². The predicted molar refractivity (Wildman–Crippen MR) is 68.1 cm³/mol. The third-order valence-corrected chi connectivity index (χ3v) is 3.69. The van der Waals surface area contributed by atoms with Crippen LogP contribution in [-0.2, 0) is 0 Å². The van der Waals surface area contributed by atoms with Crippen molar-refractivity contribution in [3.63, 3.8) is 0 Å². The first kappa shape index (κ1) is 10.4. The number of hydrogen-bond donors (Lipinski definition) is 1. The summed E-state index contributed by atoms with van der Waals surface area (Å²) in [5.41, 5.74) is 11.2. The van der Waals surface area contributed by atoms with Crippen LogP contribution in [-0.4, -0.2) is 4.98 Å². The quantitative estimate of drug-likeness (QED) is 0.791. The number of fused-ring (bicyclic) bond motifs is 1. The molecular weight excluding hydrogens is 252 g/mol. The first-order chi connectivity index (χ1) is 7.02. The average Bonchev–Trinajstić information content (AvgIpc) is 2.20. The van der Waals surface area contributed by atoms with Gasteiger partial charge in [0.15, 0.2) is 0 Å². The number of rotatable bonds is 0. The molecule has 2 aromatic rings. The number of nitrogens with two attached hydrogens (primary N) is 1. The van der Waals surface area contributed by atoms with E-state index in [9.17, 15) is 0 Å². The summed E-state index contributed by atoms with van der Waals surface area (Å²) in [6.45, 7) is 6.07. The molecule has 1 aromatic carbocycles. The van der Waals surface area contributed by atoms with Gasteiger partial charge in [0.25, 0.3) is 0 Å². The lowest BCUT2D eigenvalue weighted by atomic mass is 10.0. The Hall–Kier alpha value is -1.09. The second-order valence-electron chi connectivity index (χ2n) is 3.85. The van der Waals surface area contributed by atoms with Gasteiger partial charge in [-0.3, -0.25) is 4.98 Å². The van der Waals surface area contributed by atoms with Crippen LogP contribution in [0.2, 0.25) is 0 Å². The van der Waals surface area contributed by atoms with Crippen molar-refractivity contribution in [1.82, 2.24) is 4.98 Å². The van der Waals surface area contributed by atoms with Gasteiger partial charge < -0.3 is 5.73 Å². The monoisotopic (exact) mass is 264 g/mol. The second-order valence-corrected chi connectivity index (χ2v) is 4.64. The molecule has 15 heavy (non-hydrogen) atoms. The summed E-state index contributed by atoms with van der Waals surface area (Å²) in [4.78, 5) is 4.57. The smallest absolute Gasteiger partial charge is 0.0758 e. The van der Waals surface area contributed by atoms with Crippen LogP contribution in [0.4, 0.5) is 5.69 Å². The fraction of sp³-hybridized carbons (Fsp3) is 0.250. The van der Waals surface area contributed by atoms with E-state index < -0.39 is 0 Å². The van der Waals surface area contributed by atoms with E-state index in [0.717, 1.165) is 32.3 Å². The molecule has 0 atom stereocenters. The molecule has 0 radical (unpaired) electrons. The summed E-state index contributed by atoms with van der Waals surface area (Å²) in [5, 5.41) is 1.06. The minimum Gasteiger partial charge on any atom is -0.397 e. The van der Waals surface area contributed by atoms with Crippen LogP contribution < -0.4 is 5.73 Å². The van der Waals surface area contributed by atoms with Crippen LogP contribution in [0, 0.1) is 20.8 Å². The number of pyridine rings is 1. The largest absolute Gasteiger partial charge is 0.397 e. The molecule has 0 fully saturated rings. The molecule has 1 aromatic heterocycles. The Morgan fingerprint density at radius 3 is 2.40 bits per heavy atom. The fourth-order valence-corrected chi connectivity index (χ4v) is 2.09. The zero-order valence-corrected chi connectivity index (χ0v) is 10.6. The van der Waals surface area contributed by atoms with Gasteiger partial charge in [0.05, 0.1) is 21.4 Å². The standard InChI is InChI=1S/C12H13BrN2/c1-6-4-5-7(2)12-9(6)11(14)10(13)8(3)15-12/h4-5H,1-3H3,(H2,14,15). The highest BCUT2D eigenvalue weighted by molar-refractivity contribution is 9.10. The molecule has 2 nitrogen and oxygen atoms in total. The van der Waals surface area contributed by atoms with Gasteiger partial charge in [-0.05, 0) is 47.8 Å². The normalized spacial score (nSPS) is 10.9. The lowest BCUT2D eigenvalue weighted by Gasteiger charge is -2.11. The Morgan fingerprint density at radius 1 is 1.13 bits per heavy atom. The van der Waals surface area contributed by atoms with Crippen LogP contribution in [0.3, 0.4) is 0 Å². The molecule has 78 valence electrons. The molecule has 0 saturated heterocycles. The Bertz CT molecular complexity index is 547. The predicted octanol–water partition coefficient (Wildman–Crippen LogP) is 3.50. The van der Waals surface area contributed by atoms with E-state index in [4.69, 9.17) is 5.73 Å². The lowest BCUT2D eigenvalue weighted by Crippen LogP contribution is -1.98. The summed E-state index contributed by atoms with van der Waals surface area (Å²) >= 11 is 3.47. The van der Waals surface area contributed by atoms with Crippen molar-refractivity contribution in [2.24, 2.45) is 0 Å². The lowest BCUT2D eigenvalue weighted by molar-refractivity contribution is 1.22. The maximum Gasteiger partial charge on any atom is 0.0758 e. The number of benzene rings is 1. The number of nitrogens with zero attached hydrogens (tertiary/aromatic N) is 1. The molecule has 2 rings (SSSR count). The topological polar surface area (TPSA) is 38.9 Å². The van der Waals surface area contributed by atoms with E-state index in [1.54, 1.807) is 0 Å². The summed E-state index contributed by atoms with van der Waals surface area (Å²) in [6.07, 6.45) is 0. The number of hydrogen-bond acceptors (Lipinski definition) is 2. The second kappa shape index (κ2) is 3.49. The average molecular weight is 265 g/mol. The Kier molecular flexibility index (Phi) is 2.43. The van der Waals surface area contributed by atoms with Crippen LogP contribution in [0.1, 0.15) is 16.8 Å². The highest BCUT2D eigenvalue weighted by Gasteiger charge is 2.11. The van der Waals surface area contributed by atoms with E-state index >= 15 is 0 Å². The maximum absolute atomic E-state index is 6.10. The number of halogens is 1. The number of nitrogen functional groups attached to an aromatic ring is 1. The Morgan fingerprint density at radius 2 is 1.73 bits per heavy atom. The Labute approximate surface area is 97.6 Å². The van der Waals surface area contributed by atoms with Crippen LogP contribution in [0.5, 0.6) is 0 Å². The van der Waals surface area contributed by atoms with E-state index in [2.05, 4.69) is 46.9 Å². The first-order valence-electron chi connectivity index (χ1n) is 4.84. The molecule has 0 amide bonds. The highest BCUT2D eigenvalue weighted by atomic mass is 79.9. The minimum atomic E-state index is 0.790. The van der Waals surface area contributed by atoms with Crippen LogP contribution >= 0.6 is 15.9 Å². The van der Waals surface area contributed by atoms with Gasteiger partial charge in [0.1, 0.15) is 0 Å². The molecule has 0 unspecified atom stereocenters. The fourth-order valence-electron chi connectivity index (χ4n) is 1.80. The van der Waals surface area contributed by atoms with Crippen molar-refractivity contribution in [1.29, 1.82) is 0 Å². The van der Waals surface area contributed by atoms with Crippen molar-refractivity contribution >= 4 is 32.5 Å². The van der Waals surface area contributed by atoms with E-state index in [1.165, 1.54) is 5.56 Å². The van der Waals surface area contributed by atoms with Crippen molar-refractivity contribution < 1.29 is 0 Å². The molecule has 0 bridgehead atoms. The minimum absolute atomic E-state index is 0.790. The molecule has 3 heteroatoms. The number of aromatic nitrogens is 1. The van der Waals surface area contributed by atoms with Gasteiger partial charge in [-0.15, -0.1) is 0 Å². The first-order valence-corrected chi connectivity index (χ1v) is 5.63. The van der Waals surface area contributed by atoms with Gasteiger partial charge in [0.2, 0.25) is 0 Å². The van der Waals surface area contributed by atoms with Gasteiger partial charge in [-0.2, -0.15) is 0 Å². The molecule has 0 saturated carbocycles. The SMILES string of the molecule is Cc1nc2c(C)ccc(C)c2c(N)c1Br. The molecular formula is C12H13BrN2. The molecule has 0 aliphatic carbocycles. The highest BCUT2D eigenvalue weighted by Crippen LogP contribution is 2.33. The molecule has 1 heterocycles. The molecule has 0 aliphatic rings. The summed E-state index contributed by atoms with van der Waals surface area (Å²) in [5.74, 6) is 0. The van der Waals surface area contributed by atoms with Gasteiger partial charge in [0, 0.05) is 5.39 Å². The number of anilines is 1. The van der Waals surface area contributed by atoms with Crippen molar-refractivity contribution in [2.75, 3.05) is 5.73 Å². The van der Waals surface area contributed by atoms with E-state index in [-0.39, 0.29) is 0 Å². The third kappa shape index (κ3) is 1.51. The zero-order chi connectivity index (χ0) is 11.2. The molecule has 0 aliphatic heterocycles.